The number of nitrogen functional groups attached to an aromatic ring is 2. The van der Waals surface area contributed by atoms with Crippen LogP contribution in [0.5, 0.6) is 0 Å². The average molecular weight is 205 g/mol. The molecule has 0 amide bonds. The number of hydrogen-bond donors (Lipinski definition) is 2. The molecule has 1 rings (SSSR count). The summed E-state index contributed by atoms with van der Waals surface area (Å²) in [6, 6.07) is 2.70. The number of benzene rings is 1. The van der Waals surface area contributed by atoms with Crippen molar-refractivity contribution in [3.8, 4) is 0 Å². The Morgan fingerprint density at radius 2 is 1.90 bits per heavy atom. The molecule has 0 fully saturated rings. The molecule has 2 nitrogen and oxygen atoms in total. The number of rotatable bonds is 0. The summed E-state index contributed by atoms with van der Waals surface area (Å²) in [7, 11) is 0. The minimum absolute atomic E-state index is 0.265. The highest BCUT2D eigenvalue weighted by Crippen LogP contribution is 2.25. The Balaban J connectivity index is 3.31. The van der Waals surface area contributed by atoms with Gasteiger partial charge in [0.15, 0.2) is 0 Å². The van der Waals surface area contributed by atoms with Crippen molar-refractivity contribution in [1.82, 2.24) is 0 Å². The van der Waals surface area contributed by atoms with Crippen molar-refractivity contribution in [2.24, 2.45) is 0 Å². The standard InChI is InChI=1S/C6H6BrFN2/c7-6-4(8)1-3(9)2-5(6)10/h1-2H,9-10H2. The van der Waals surface area contributed by atoms with Gasteiger partial charge in [0.25, 0.3) is 0 Å². The molecule has 10 heavy (non-hydrogen) atoms. The first kappa shape index (κ1) is 7.34. The molecule has 54 valence electrons. The molecular formula is C6H6BrFN2. The minimum Gasteiger partial charge on any atom is -0.399 e. The molecule has 1 aromatic rings. The summed E-state index contributed by atoms with van der Waals surface area (Å²) in [5, 5.41) is 0. The van der Waals surface area contributed by atoms with Gasteiger partial charge in [-0.05, 0) is 28.1 Å². The van der Waals surface area contributed by atoms with Gasteiger partial charge >= 0.3 is 0 Å². The molecule has 0 saturated carbocycles. The Bertz CT molecular complexity index is 239. The van der Waals surface area contributed by atoms with Gasteiger partial charge in [-0.3, -0.25) is 0 Å². The maximum atomic E-state index is 12.6. The normalized spacial score (nSPS) is 9.80. The van der Waals surface area contributed by atoms with Crippen LogP contribution in [-0.4, -0.2) is 0 Å². The molecule has 0 saturated heterocycles. The summed E-state index contributed by atoms with van der Waals surface area (Å²) in [6.07, 6.45) is 0. The molecule has 0 aromatic heterocycles. The van der Waals surface area contributed by atoms with Gasteiger partial charge in [-0.15, -0.1) is 0 Å². The molecule has 0 aliphatic carbocycles. The predicted octanol–water partition coefficient (Wildman–Crippen LogP) is 1.75. The fourth-order valence-corrected chi connectivity index (χ4v) is 0.861. The zero-order valence-electron chi connectivity index (χ0n) is 5.07. The third-order valence-electron chi connectivity index (χ3n) is 1.08. The first-order chi connectivity index (χ1) is 4.61. The van der Waals surface area contributed by atoms with E-state index in [-0.39, 0.29) is 4.47 Å². The summed E-state index contributed by atoms with van der Waals surface area (Å²) >= 11 is 2.96. The third kappa shape index (κ3) is 1.21. The van der Waals surface area contributed by atoms with Crippen LogP contribution >= 0.6 is 15.9 Å². The summed E-state index contributed by atoms with van der Waals surface area (Å²) in [5.41, 5.74) is 11.3. The van der Waals surface area contributed by atoms with Crippen molar-refractivity contribution in [2.75, 3.05) is 11.5 Å². The van der Waals surface area contributed by atoms with E-state index in [0.717, 1.165) is 0 Å². The molecule has 4 N–H and O–H groups in total. The lowest BCUT2D eigenvalue weighted by atomic mass is 10.3. The van der Waals surface area contributed by atoms with Crippen LogP contribution in [0.2, 0.25) is 0 Å². The molecule has 0 aliphatic heterocycles. The van der Waals surface area contributed by atoms with E-state index in [2.05, 4.69) is 15.9 Å². The Kier molecular flexibility index (Phi) is 1.80. The second-order valence-corrected chi connectivity index (χ2v) is 2.70. The topological polar surface area (TPSA) is 52.0 Å². The van der Waals surface area contributed by atoms with Crippen LogP contribution in [0.1, 0.15) is 0 Å². The lowest BCUT2D eigenvalue weighted by molar-refractivity contribution is 0.622. The molecular weight excluding hydrogens is 199 g/mol. The van der Waals surface area contributed by atoms with Crippen LogP contribution in [-0.2, 0) is 0 Å². The van der Waals surface area contributed by atoms with Gasteiger partial charge < -0.3 is 11.5 Å². The summed E-state index contributed by atoms with van der Waals surface area (Å²) in [5.74, 6) is -0.433. The van der Waals surface area contributed by atoms with E-state index in [9.17, 15) is 4.39 Å². The predicted molar refractivity (Wildman–Crippen MR) is 42.9 cm³/mol. The lowest BCUT2D eigenvalue weighted by Crippen LogP contribution is -1.93. The van der Waals surface area contributed by atoms with E-state index >= 15 is 0 Å². The van der Waals surface area contributed by atoms with Gasteiger partial charge in [-0.25, -0.2) is 4.39 Å². The van der Waals surface area contributed by atoms with Gasteiger partial charge in [0.1, 0.15) is 5.82 Å². The van der Waals surface area contributed by atoms with Gasteiger partial charge in [-0.2, -0.15) is 0 Å². The largest absolute Gasteiger partial charge is 0.399 e. The van der Waals surface area contributed by atoms with Gasteiger partial charge in [0, 0.05) is 5.69 Å². The molecule has 0 spiro atoms. The smallest absolute Gasteiger partial charge is 0.141 e. The summed E-state index contributed by atoms with van der Waals surface area (Å²) in [4.78, 5) is 0. The zero-order chi connectivity index (χ0) is 7.72. The van der Waals surface area contributed by atoms with Crippen LogP contribution in [0.25, 0.3) is 0 Å². The highest BCUT2D eigenvalue weighted by atomic mass is 79.9. The number of anilines is 2. The van der Waals surface area contributed by atoms with Crippen molar-refractivity contribution in [3.63, 3.8) is 0 Å². The van der Waals surface area contributed by atoms with E-state index < -0.39 is 5.82 Å². The van der Waals surface area contributed by atoms with Crippen LogP contribution in [0, 0.1) is 5.82 Å². The minimum atomic E-state index is -0.433. The van der Waals surface area contributed by atoms with Crippen LogP contribution in [0.3, 0.4) is 0 Å². The van der Waals surface area contributed by atoms with Crippen molar-refractivity contribution in [2.45, 2.75) is 0 Å². The van der Waals surface area contributed by atoms with Crippen molar-refractivity contribution >= 4 is 27.3 Å². The Morgan fingerprint density at radius 1 is 1.30 bits per heavy atom. The Hall–Kier alpha value is -0.770. The van der Waals surface area contributed by atoms with Gasteiger partial charge in [-0.1, -0.05) is 0 Å². The maximum Gasteiger partial charge on any atom is 0.141 e. The van der Waals surface area contributed by atoms with Crippen molar-refractivity contribution in [3.05, 3.63) is 22.4 Å². The number of hydrogen-bond acceptors (Lipinski definition) is 2. The maximum absolute atomic E-state index is 12.6. The zero-order valence-corrected chi connectivity index (χ0v) is 6.65. The highest BCUT2D eigenvalue weighted by molar-refractivity contribution is 9.10. The van der Waals surface area contributed by atoms with Crippen molar-refractivity contribution < 1.29 is 4.39 Å². The van der Waals surface area contributed by atoms with Gasteiger partial charge in [0.2, 0.25) is 0 Å². The molecule has 0 aliphatic rings. The molecule has 0 radical (unpaired) electrons. The lowest BCUT2D eigenvalue weighted by Gasteiger charge is -2.00. The molecule has 0 unspecified atom stereocenters. The second-order valence-electron chi connectivity index (χ2n) is 1.91. The highest BCUT2D eigenvalue weighted by Gasteiger charge is 2.02. The van der Waals surface area contributed by atoms with E-state index in [1.165, 1.54) is 12.1 Å². The van der Waals surface area contributed by atoms with Crippen LogP contribution in [0.15, 0.2) is 16.6 Å². The van der Waals surface area contributed by atoms with E-state index in [1.54, 1.807) is 0 Å². The monoisotopic (exact) mass is 204 g/mol. The fraction of sp³-hybridized carbons (Fsp3) is 0. The van der Waals surface area contributed by atoms with Crippen LogP contribution in [0.4, 0.5) is 15.8 Å². The molecule has 0 bridgehead atoms. The van der Waals surface area contributed by atoms with Crippen LogP contribution < -0.4 is 11.5 Å². The molecule has 0 heterocycles. The van der Waals surface area contributed by atoms with E-state index in [4.69, 9.17) is 11.5 Å². The Morgan fingerprint density at radius 3 is 2.40 bits per heavy atom. The average Bonchev–Trinajstić information content (AvgIpc) is 1.82. The molecule has 1 aromatic carbocycles. The summed E-state index contributed by atoms with van der Waals surface area (Å²) in [6.45, 7) is 0. The third-order valence-corrected chi connectivity index (χ3v) is 1.92. The number of halogens is 2. The van der Waals surface area contributed by atoms with Gasteiger partial charge in [0.05, 0.1) is 10.2 Å². The second kappa shape index (κ2) is 2.46. The molecule has 0 atom stereocenters. The fourth-order valence-electron chi connectivity index (χ4n) is 0.632. The van der Waals surface area contributed by atoms with E-state index in [0.29, 0.717) is 11.4 Å². The SMILES string of the molecule is Nc1cc(N)c(Br)c(F)c1. The quantitative estimate of drug-likeness (QED) is 0.634. The van der Waals surface area contributed by atoms with E-state index in [1.807, 2.05) is 0 Å². The summed E-state index contributed by atoms with van der Waals surface area (Å²) < 4.78 is 12.9. The van der Waals surface area contributed by atoms with Crippen molar-refractivity contribution in [1.29, 1.82) is 0 Å². The number of nitrogens with two attached hydrogens (primary N) is 2. The Labute approximate surface area is 66.1 Å². The molecule has 4 heteroatoms. The first-order valence-corrected chi connectivity index (χ1v) is 3.40. The first-order valence-electron chi connectivity index (χ1n) is 2.61.